The Hall–Kier alpha value is -1.22. The molecule has 1 heterocycles. The van der Waals surface area contributed by atoms with Crippen molar-refractivity contribution in [3.05, 3.63) is 28.8 Å². The molecule has 2 N–H and O–H groups in total. The van der Waals surface area contributed by atoms with Crippen molar-refractivity contribution in [2.24, 2.45) is 5.41 Å². The standard InChI is InChI=1S/C13H16ClNO2/c1-13(2,12(16)17)6-8-7-15-10-5-3-4-9(14)11(8)10/h3-5,8,15H,6-7H2,1-2H3,(H,16,17). The Balaban J connectivity index is 2.26. The lowest BCUT2D eigenvalue weighted by molar-refractivity contribution is -0.147. The zero-order valence-electron chi connectivity index (χ0n) is 9.96. The number of nitrogens with one attached hydrogen (secondary N) is 1. The molecule has 0 aromatic heterocycles. The molecule has 0 radical (unpaired) electrons. The van der Waals surface area contributed by atoms with Crippen LogP contribution in [0.5, 0.6) is 0 Å². The second kappa shape index (κ2) is 4.22. The fraction of sp³-hybridized carbons (Fsp3) is 0.462. The van der Waals surface area contributed by atoms with Gasteiger partial charge in [-0.3, -0.25) is 4.79 Å². The van der Waals surface area contributed by atoms with Crippen LogP contribution in [0.15, 0.2) is 18.2 Å². The first-order chi connectivity index (χ1) is 7.92. The molecular weight excluding hydrogens is 238 g/mol. The average molecular weight is 254 g/mol. The summed E-state index contributed by atoms with van der Waals surface area (Å²) in [5.41, 5.74) is 1.36. The van der Waals surface area contributed by atoms with Crippen LogP contribution >= 0.6 is 11.6 Å². The van der Waals surface area contributed by atoms with Gasteiger partial charge in [0.15, 0.2) is 0 Å². The molecule has 0 saturated heterocycles. The first kappa shape index (κ1) is 12.2. The van der Waals surface area contributed by atoms with E-state index in [-0.39, 0.29) is 5.92 Å². The summed E-state index contributed by atoms with van der Waals surface area (Å²) in [5.74, 6) is -0.595. The van der Waals surface area contributed by atoms with Crippen molar-refractivity contribution >= 4 is 23.3 Å². The number of carboxylic acid groups (broad SMARTS) is 1. The summed E-state index contributed by atoms with van der Waals surface area (Å²) >= 11 is 6.19. The molecule has 1 aliphatic rings. The van der Waals surface area contributed by atoms with Crippen LogP contribution in [0.2, 0.25) is 5.02 Å². The van der Waals surface area contributed by atoms with Gasteiger partial charge in [0.2, 0.25) is 0 Å². The number of carbonyl (C=O) groups is 1. The van der Waals surface area contributed by atoms with Gasteiger partial charge in [-0.05, 0) is 38.0 Å². The van der Waals surface area contributed by atoms with E-state index in [1.807, 2.05) is 18.2 Å². The van der Waals surface area contributed by atoms with Gasteiger partial charge >= 0.3 is 5.97 Å². The SMILES string of the molecule is CC(C)(CC1CNc2cccc(Cl)c21)C(=O)O. The lowest BCUT2D eigenvalue weighted by atomic mass is 9.81. The third kappa shape index (κ3) is 2.25. The van der Waals surface area contributed by atoms with E-state index in [0.29, 0.717) is 6.42 Å². The van der Waals surface area contributed by atoms with Crippen LogP contribution in [0.25, 0.3) is 0 Å². The fourth-order valence-electron chi connectivity index (χ4n) is 2.32. The molecule has 0 fully saturated rings. The highest BCUT2D eigenvalue weighted by molar-refractivity contribution is 6.32. The molecule has 0 saturated carbocycles. The quantitative estimate of drug-likeness (QED) is 0.869. The van der Waals surface area contributed by atoms with E-state index >= 15 is 0 Å². The molecule has 1 unspecified atom stereocenters. The maximum atomic E-state index is 11.2. The van der Waals surface area contributed by atoms with Gasteiger partial charge in [0.25, 0.3) is 0 Å². The summed E-state index contributed by atoms with van der Waals surface area (Å²) in [6.07, 6.45) is 0.589. The van der Waals surface area contributed by atoms with Gasteiger partial charge in [0.1, 0.15) is 0 Å². The van der Waals surface area contributed by atoms with Gasteiger partial charge in [0, 0.05) is 23.2 Å². The molecule has 1 aromatic carbocycles. The Morgan fingerprint density at radius 2 is 2.29 bits per heavy atom. The van der Waals surface area contributed by atoms with Crippen molar-refractivity contribution < 1.29 is 9.90 Å². The van der Waals surface area contributed by atoms with Crippen LogP contribution in [0.1, 0.15) is 31.7 Å². The minimum atomic E-state index is -0.766. The number of benzene rings is 1. The van der Waals surface area contributed by atoms with Crippen LogP contribution in [0.4, 0.5) is 5.69 Å². The van der Waals surface area contributed by atoms with Crippen LogP contribution < -0.4 is 5.32 Å². The monoisotopic (exact) mass is 253 g/mol. The number of hydrogen-bond acceptors (Lipinski definition) is 2. The molecule has 1 aliphatic heterocycles. The average Bonchev–Trinajstić information content (AvgIpc) is 2.62. The Bertz CT molecular complexity index is 457. The number of aliphatic carboxylic acids is 1. The van der Waals surface area contributed by atoms with Gasteiger partial charge in [-0.25, -0.2) is 0 Å². The molecule has 4 heteroatoms. The molecule has 17 heavy (non-hydrogen) atoms. The third-order valence-electron chi connectivity index (χ3n) is 3.34. The summed E-state index contributed by atoms with van der Waals surface area (Å²) < 4.78 is 0. The van der Waals surface area contributed by atoms with Gasteiger partial charge < -0.3 is 10.4 Å². The predicted octanol–water partition coefficient (Wildman–Crippen LogP) is 3.35. The van der Waals surface area contributed by atoms with E-state index in [4.69, 9.17) is 16.7 Å². The van der Waals surface area contributed by atoms with Gasteiger partial charge in [0.05, 0.1) is 5.41 Å². The third-order valence-corrected chi connectivity index (χ3v) is 3.67. The molecule has 1 aromatic rings. The minimum absolute atomic E-state index is 0.171. The van der Waals surface area contributed by atoms with Crippen molar-refractivity contribution in [1.82, 2.24) is 0 Å². The highest BCUT2D eigenvalue weighted by Crippen LogP contribution is 2.42. The minimum Gasteiger partial charge on any atom is -0.481 e. The largest absolute Gasteiger partial charge is 0.481 e. The van der Waals surface area contributed by atoms with Crippen LogP contribution in [-0.2, 0) is 4.79 Å². The summed E-state index contributed by atoms with van der Waals surface area (Å²) in [5, 5.41) is 13.2. The second-order valence-electron chi connectivity index (χ2n) is 5.17. The Labute approximate surface area is 106 Å². The number of rotatable bonds is 3. The Morgan fingerprint density at radius 3 is 2.94 bits per heavy atom. The molecule has 0 bridgehead atoms. The molecule has 0 spiro atoms. The van der Waals surface area contributed by atoms with E-state index in [0.717, 1.165) is 22.8 Å². The molecule has 2 rings (SSSR count). The van der Waals surface area contributed by atoms with E-state index in [1.165, 1.54) is 0 Å². The second-order valence-corrected chi connectivity index (χ2v) is 5.58. The van der Waals surface area contributed by atoms with Crippen LogP contribution in [0.3, 0.4) is 0 Å². The Morgan fingerprint density at radius 1 is 1.59 bits per heavy atom. The first-order valence-electron chi connectivity index (χ1n) is 5.67. The van der Waals surface area contributed by atoms with E-state index in [2.05, 4.69) is 5.32 Å². The number of anilines is 1. The summed E-state index contributed by atoms with van der Waals surface area (Å²) in [7, 11) is 0. The molecule has 0 aliphatic carbocycles. The topological polar surface area (TPSA) is 49.3 Å². The maximum absolute atomic E-state index is 11.2. The van der Waals surface area contributed by atoms with Crippen LogP contribution in [0, 0.1) is 5.41 Å². The number of halogens is 1. The molecule has 1 atom stereocenters. The fourth-order valence-corrected chi connectivity index (χ4v) is 2.65. The van der Waals surface area contributed by atoms with Crippen molar-refractivity contribution in [3.63, 3.8) is 0 Å². The zero-order valence-corrected chi connectivity index (χ0v) is 10.7. The highest BCUT2D eigenvalue weighted by atomic mass is 35.5. The van der Waals surface area contributed by atoms with Gasteiger partial charge in [-0.15, -0.1) is 0 Å². The predicted molar refractivity (Wildman–Crippen MR) is 68.7 cm³/mol. The van der Waals surface area contributed by atoms with E-state index in [9.17, 15) is 4.79 Å². The number of hydrogen-bond donors (Lipinski definition) is 2. The number of fused-ring (bicyclic) bond motifs is 1. The number of carboxylic acids is 1. The van der Waals surface area contributed by atoms with E-state index < -0.39 is 11.4 Å². The van der Waals surface area contributed by atoms with Gasteiger partial charge in [-0.1, -0.05) is 17.7 Å². The lowest BCUT2D eigenvalue weighted by Gasteiger charge is -2.23. The van der Waals surface area contributed by atoms with Crippen LogP contribution in [-0.4, -0.2) is 17.6 Å². The summed E-state index contributed by atoms with van der Waals surface area (Å²) in [4.78, 5) is 11.2. The summed E-state index contributed by atoms with van der Waals surface area (Å²) in [6.45, 7) is 4.27. The van der Waals surface area contributed by atoms with E-state index in [1.54, 1.807) is 13.8 Å². The Kier molecular flexibility index (Phi) is 3.04. The smallest absolute Gasteiger partial charge is 0.309 e. The summed E-state index contributed by atoms with van der Waals surface area (Å²) in [6, 6.07) is 5.74. The lowest BCUT2D eigenvalue weighted by Crippen LogP contribution is -2.26. The molecule has 0 amide bonds. The maximum Gasteiger partial charge on any atom is 0.309 e. The first-order valence-corrected chi connectivity index (χ1v) is 6.05. The molecule has 3 nitrogen and oxygen atoms in total. The normalized spacial score (nSPS) is 18.6. The zero-order chi connectivity index (χ0) is 12.6. The molecule has 92 valence electrons. The van der Waals surface area contributed by atoms with Crippen molar-refractivity contribution in [2.75, 3.05) is 11.9 Å². The molecular formula is C13H16ClNO2. The van der Waals surface area contributed by atoms with Crippen molar-refractivity contribution in [2.45, 2.75) is 26.2 Å². The highest BCUT2D eigenvalue weighted by Gasteiger charge is 2.35. The van der Waals surface area contributed by atoms with Crippen molar-refractivity contribution in [3.8, 4) is 0 Å². The van der Waals surface area contributed by atoms with Gasteiger partial charge in [-0.2, -0.15) is 0 Å². The van der Waals surface area contributed by atoms with Crippen molar-refractivity contribution in [1.29, 1.82) is 0 Å².